The highest BCUT2D eigenvalue weighted by molar-refractivity contribution is 5.96. The number of halogens is 1. The summed E-state index contributed by atoms with van der Waals surface area (Å²) >= 11 is 0. The maximum atomic E-state index is 13.6. The Labute approximate surface area is 167 Å². The van der Waals surface area contributed by atoms with Crippen LogP contribution >= 0.6 is 0 Å². The van der Waals surface area contributed by atoms with Crippen molar-refractivity contribution in [3.63, 3.8) is 0 Å². The standard InChI is InChI=1S/C22H20FN3O3/c1-29-22(28)17-7-3-5-9-19(17)26-20-11-10-16(14-25-20)21(27)24-13-12-15-6-2-4-8-18(15)23/h2-11,14H,12-13H2,1H3,(H,24,27)(H,25,26). The molecule has 0 fully saturated rings. The highest BCUT2D eigenvalue weighted by Gasteiger charge is 2.12. The first-order valence-corrected chi connectivity index (χ1v) is 9.00. The molecule has 3 rings (SSSR count). The predicted molar refractivity (Wildman–Crippen MR) is 108 cm³/mol. The molecule has 0 radical (unpaired) electrons. The molecule has 0 aliphatic carbocycles. The first-order valence-electron chi connectivity index (χ1n) is 9.00. The number of aromatic nitrogens is 1. The molecule has 148 valence electrons. The van der Waals surface area contributed by atoms with Gasteiger partial charge in [0.2, 0.25) is 0 Å². The summed E-state index contributed by atoms with van der Waals surface area (Å²) < 4.78 is 18.4. The van der Waals surface area contributed by atoms with E-state index >= 15 is 0 Å². The third-order valence-corrected chi connectivity index (χ3v) is 4.26. The van der Waals surface area contributed by atoms with E-state index in [1.54, 1.807) is 54.6 Å². The number of pyridine rings is 1. The Balaban J connectivity index is 1.59. The van der Waals surface area contributed by atoms with Gasteiger partial charge in [0, 0.05) is 12.7 Å². The molecule has 1 heterocycles. The molecule has 1 aromatic heterocycles. The van der Waals surface area contributed by atoms with Crippen LogP contribution in [0.5, 0.6) is 0 Å². The van der Waals surface area contributed by atoms with Crippen LogP contribution < -0.4 is 10.6 Å². The zero-order valence-corrected chi connectivity index (χ0v) is 15.8. The van der Waals surface area contributed by atoms with E-state index in [9.17, 15) is 14.0 Å². The van der Waals surface area contributed by atoms with Crippen LogP contribution in [0.4, 0.5) is 15.9 Å². The lowest BCUT2D eigenvalue weighted by Crippen LogP contribution is -2.26. The molecule has 0 spiro atoms. The van der Waals surface area contributed by atoms with Crippen LogP contribution in [0.2, 0.25) is 0 Å². The van der Waals surface area contributed by atoms with E-state index in [-0.39, 0.29) is 11.7 Å². The minimum atomic E-state index is -0.459. The molecule has 29 heavy (non-hydrogen) atoms. The number of amides is 1. The fourth-order valence-electron chi connectivity index (χ4n) is 2.73. The molecule has 0 atom stereocenters. The summed E-state index contributed by atoms with van der Waals surface area (Å²) in [5, 5.41) is 5.79. The highest BCUT2D eigenvalue weighted by atomic mass is 19.1. The first kappa shape index (κ1) is 20.0. The zero-order valence-electron chi connectivity index (χ0n) is 15.8. The molecule has 0 saturated heterocycles. The number of hydrogen-bond donors (Lipinski definition) is 2. The Kier molecular flexibility index (Phi) is 6.52. The number of carbonyl (C=O) groups is 2. The van der Waals surface area contributed by atoms with Gasteiger partial charge in [-0.15, -0.1) is 0 Å². The number of nitrogens with zero attached hydrogens (tertiary/aromatic N) is 1. The minimum Gasteiger partial charge on any atom is -0.465 e. The molecule has 0 unspecified atom stereocenters. The number of nitrogens with one attached hydrogen (secondary N) is 2. The molecule has 2 aromatic carbocycles. The van der Waals surface area contributed by atoms with Gasteiger partial charge in [-0.2, -0.15) is 0 Å². The van der Waals surface area contributed by atoms with Crippen molar-refractivity contribution in [2.45, 2.75) is 6.42 Å². The number of para-hydroxylation sites is 1. The first-order chi connectivity index (χ1) is 14.1. The van der Waals surface area contributed by atoms with Crippen molar-refractivity contribution in [3.05, 3.63) is 89.4 Å². The molecule has 2 N–H and O–H groups in total. The normalized spacial score (nSPS) is 10.3. The average molecular weight is 393 g/mol. The van der Waals surface area contributed by atoms with E-state index in [4.69, 9.17) is 4.74 Å². The van der Waals surface area contributed by atoms with Gasteiger partial charge in [-0.25, -0.2) is 14.2 Å². The van der Waals surface area contributed by atoms with Crippen molar-refractivity contribution in [2.24, 2.45) is 0 Å². The lowest BCUT2D eigenvalue weighted by atomic mass is 10.1. The average Bonchev–Trinajstić information content (AvgIpc) is 2.75. The summed E-state index contributed by atoms with van der Waals surface area (Å²) in [5.74, 6) is -0.565. The van der Waals surface area contributed by atoms with Crippen LogP contribution in [0.15, 0.2) is 66.9 Å². The monoisotopic (exact) mass is 393 g/mol. The molecular weight excluding hydrogens is 373 g/mol. The van der Waals surface area contributed by atoms with E-state index in [1.807, 2.05) is 0 Å². The third kappa shape index (κ3) is 5.16. The molecule has 6 nitrogen and oxygen atoms in total. The summed E-state index contributed by atoms with van der Waals surface area (Å²) in [7, 11) is 1.32. The lowest BCUT2D eigenvalue weighted by molar-refractivity contribution is 0.0601. The Bertz CT molecular complexity index is 1010. The van der Waals surface area contributed by atoms with Gasteiger partial charge in [-0.1, -0.05) is 30.3 Å². The van der Waals surface area contributed by atoms with E-state index in [0.717, 1.165) is 0 Å². The van der Waals surface area contributed by atoms with Gasteiger partial charge in [-0.3, -0.25) is 4.79 Å². The van der Waals surface area contributed by atoms with Gasteiger partial charge in [-0.05, 0) is 42.3 Å². The summed E-state index contributed by atoms with van der Waals surface area (Å²) in [6.45, 7) is 0.312. The van der Waals surface area contributed by atoms with Crippen LogP contribution in [-0.2, 0) is 11.2 Å². The molecule has 0 saturated carbocycles. The van der Waals surface area contributed by atoms with Crippen LogP contribution in [-0.4, -0.2) is 30.5 Å². The second kappa shape index (κ2) is 9.45. The van der Waals surface area contributed by atoms with Gasteiger partial charge >= 0.3 is 5.97 Å². The summed E-state index contributed by atoms with van der Waals surface area (Å²) in [5.41, 5.74) is 1.86. The van der Waals surface area contributed by atoms with Crippen molar-refractivity contribution < 1.29 is 18.7 Å². The summed E-state index contributed by atoms with van der Waals surface area (Å²) in [6.07, 6.45) is 1.83. The number of hydrogen-bond acceptors (Lipinski definition) is 5. The van der Waals surface area contributed by atoms with Gasteiger partial charge in [0.05, 0.1) is 23.9 Å². The van der Waals surface area contributed by atoms with Crippen LogP contribution in [0.25, 0.3) is 0 Å². The minimum absolute atomic E-state index is 0.286. The van der Waals surface area contributed by atoms with Gasteiger partial charge in [0.1, 0.15) is 11.6 Å². The number of rotatable bonds is 7. The van der Waals surface area contributed by atoms with E-state index in [2.05, 4.69) is 15.6 Å². The van der Waals surface area contributed by atoms with Crippen molar-refractivity contribution in [2.75, 3.05) is 19.0 Å². The predicted octanol–water partition coefficient (Wildman–Crippen LogP) is 3.72. The van der Waals surface area contributed by atoms with Crippen LogP contribution in [0.1, 0.15) is 26.3 Å². The molecule has 0 aliphatic rings. The van der Waals surface area contributed by atoms with Crippen molar-refractivity contribution in [1.82, 2.24) is 10.3 Å². The lowest BCUT2D eigenvalue weighted by Gasteiger charge is -2.10. The smallest absolute Gasteiger partial charge is 0.339 e. The van der Waals surface area contributed by atoms with Crippen molar-refractivity contribution >= 4 is 23.4 Å². The van der Waals surface area contributed by atoms with E-state index < -0.39 is 5.97 Å². The highest BCUT2D eigenvalue weighted by Crippen LogP contribution is 2.20. The van der Waals surface area contributed by atoms with Crippen molar-refractivity contribution in [1.29, 1.82) is 0 Å². The molecule has 1 amide bonds. The summed E-state index contributed by atoms with van der Waals surface area (Å²) in [6, 6.07) is 16.6. The SMILES string of the molecule is COC(=O)c1ccccc1Nc1ccc(C(=O)NCCc2ccccc2F)cn1. The number of methoxy groups -OCH3 is 1. The zero-order chi connectivity index (χ0) is 20.6. The van der Waals surface area contributed by atoms with E-state index in [0.29, 0.717) is 41.2 Å². The van der Waals surface area contributed by atoms with Gasteiger partial charge in [0.25, 0.3) is 5.91 Å². The second-order valence-corrected chi connectivity index (χ2v) is 6.19. The van der Waals surface area contributed by atoms with Crippen molar-refractivity contribution in [3.8, 4) is 0 Å². The van der Waals surface area contributed by atoms with Gasteiger partial charge in [0.15, 0.2) is 0 Å². The van der Waals surface area contributed by atoms with E-state index in [1.165, 1.54) is 19.4 Å². The fraction of sp³-hybridized carbons (Fsp3) is 0.136. The maximum absolute atomic E-state index is 13.6. The third-order valence-electron chi connectivity index (χ3n) is 4.26. The molecule has 7 heteroatoms. The Morgan fingerprint density at radius 1 is 1.03 bits per heavy atom. The maximum Gasteiger partial charge on any atom is 0.339 e. The van der Waals surface area contributed by atoms with Gasteiger partial charge < -0.3 is 15.4 Å². The molecular formula is C22H20FN3O3. The summed E-state index contributed by atoms with van der Waals surface area (Å²) in [4.78, 5) is 28.3. The number of ether oxygens (including phenoxy) is 1. The Morgan fingerprint density at radius 3 is 2.52 bits per heavy atom. The fourth-order valence-corrected chi connectivity index (χ4v) is 2.73. The molecule has 3 aromatic rings. The number of carbonyl (C=O) groups excluding carboxylic acids is 2. The quantitative estimate of drug-likeness (QED) is 0.598. The molecule has 0 aliphatic heterocycles. The second-order valence-electron chi connectivity index (χ2n) is 6.19. The number of esters is 1. The van der Waals surface area contributed by atoms with Crippen LogP contribution in [0.3, 0.4) is 0 Å². The number of anilines is 2. The topological polar surface area (TPSA) is 80.3 Å². The number of benzene rings is 2. The van der Waals surface area contributed by atoms with Crippen LogP contribution in [0, 0.1) is 5.82 Å². The largest absolute Gasteiger partial charge is 0.465 e. The Morgan fingerprint density at radius 2 is 1.79 bits per heavy atom. The Hall–Kier alpha value is -3.74. The molecule has 0 bridgehead atoms.